The van der Waals surface area contributed by atoms with Crippen LogP contribution >= 0.6 is 15.9 Å². The lowest BCUT2D eigenvalue weighted by Crippen LogP contribution is -2.66. The molecule has 0 radical (unpaired) electrons. The second-order valence-electron chi connectivity index (χ2n) is 15.0. The minimum Gasteiger partial charge on any atom is -0.497 e. The summed E-state index contributed by atoms with van der Waals surface area (Å²) >= 11 is 3.73. The first kappa shape index (κ1) is 41.1. The first-order valence-electron chi connectivity index (χ1n) is 18.9. The van der Waals surface area contributed by atoms with Crippen LogP contribution in [-0.2, 0) is 41.4 Å². The molecule has 3 atom stereocenters. The van der Waals surface area contributed by atoms with Crippen molar-refractivity contribution in [1.82, 2.24) is 0 Å². The number of nitrogens with zero attached hydrogens (tertiary/aromatic N) is 1. The molecule has 11 heteroatoms. The topological polar surface area (TPSA) is 96.7 Å². The highest BCUT2D eigenvalue weighted by molar-refractivity contribution is 9.10. The highest BCUT2D eigenvalue weighted by atomic mass is 79.9. The zero-order valence-corrected chi connectivity index (χ0v) is 35.2. The maximum Gasteiger partial charge on any atom is 0.321 e. The van der Waals surface area contributed by atoms with Gasteiger partial charge in [0, 0.05) is 19.4 Å². The van der Waals surface area contributed by atoms with Crippen molar-refractivity contribution in [3.63, 3.8) is 0 Å². The molecule has 4 aromatic carbocycles. The van der Waals surface area contributed by atoms with Gasteiger partial charge in [-0.1, -0.05) is 112 Å². The van der Waals surface area contributed by atoms with Crippen molar-refractivity contribution in [3.8, 4) is 5.75 Å². The molecule has 0 bridgehead atoms. The van der Waals surface area contributed by atoms with Gasteiger partial charge in [-0.2, -0.15) is 0 Å². The fourth-order valence-electron chi connectivity index (χ4n) is 7.73. The number of hydrogen-bond donors (Lipinski definition) is 0. The van der Waals surface area contributed by atoms with Crippen LogP contribution in [-0.4, -0.2) is 54.1 Å². The Labute approximate surface area is 339 Å². The molecule has 0 unspecified atom stereocenters. The summed E-state index contributed by atoms with van der Waals surface area (Å²) < 4.78 is 31.2. The van der Waals surface area contributed by atoms with Crippen LogP contribution in [0.25, 0.3) is 0 Å². The van der Waals surface area contributed by atoms with Crippen LogP contribution in [0, 0.1) is 5.41 Å². The Kier molecular flexibility index (Phi) is 13.3. The number of anilines is 1. The van der Waals surface area contributed by atoms with E-state index in [1.54, 1.807) is 24.3 Å². The predicted octanol–water partition coefficient (Wildman–Crippen LogP) is 8.39. The second-order valence-corrected chi connectivity index (χ2v) is 20.2. The molecular weight excluding hydrogens is 790 g/mol. The van der Waals surface area contributed by atoms with Crippen LogP contribution in [0.4, 0.5) is 5.69 Å². The number of hydroxylamine groups is 1. The number of aryl methyl sites for hydroxylation is 1. The fraction of sp³-hybridized carbons (Fsp3) is 0.333. The van der Waals surface area contributed by atoms with Crippen LogP contribution in [0.3, 0.4) is 0 Å². The van der Waals surface area contributed by atoms with E-state index in [1.165, 1.54) is 17.5 Å². The van der Waals surface area contributed by atoms with Crippen molar-refractivity contribution in [2.75, 3.05) is 32.5 Å². The number of ether oxygens (including phenoxy) is 3. The van der Waals surface area contributed by atoms with Crippen molar-refractivity contribution in [3.05, 3.63) is 143 Å². The molecule has 1 aliphatic heterocycles. The Balaban J connectivity index is 1.29. The Morgan fingerprint density at radius 1 is 0.911 bits per heavy atom. The number of aldehydes is 1. The Morgan fingerprint density at radius 3 is 2.07 bits per heavy atom. The molecule has 56 heavy (non-hydrogen) atoms. The largest absolute Gasteiger partial charge is 0.497 e. The summed E-state index contributed by atoms with van der Waals surface area (Å²) in [4.78, 5) is 33.9. The molecule has 0 spiro atoms. The summed E-state index contributed by atoms with van der Waals surface area (Å²) in [6.07, 6.45) is 1.22. The van der Waals surface area contributed by atoms with E-state index in [1.807, 2.05) is 60.7 Å². The molecule has 0 N–H and O–H groups in total. The lowest BCUT2D eigenvalue weighted by atomic mass is 9.74. The molecule has 1 aromatic heterocycles. The van der Waals surface area contributed by atoms with E-state index in [2.05, 4.69) is 85.2 Å². The molecule has 0 amide bonds. The van der Waals surface area contributed by atoms with Crippen LogP contribution < -0.4 is 20.2 Å². The molecule has 1 aliphatic rings. The Morgan fingerprint density at radius 2 is 1.52 bits per heavy atom. The summed E-state index contributed by atoms with van der Waals surface area (Å²) in [6, 6.07) is 39.0. The van der Waals surface area contributed by atoms with Gasteiger partial charge in [-0.3, -0.25) is 9.63 Å². The second kappa shape index (κ2) is 18.2. The third-order valence-electron chi connectivity index (χ3n) is 10.4. The van der Waals surface area contributed by atoms with Gasteiger partial charge >= 0.3 is 5.97 Å². The number of methoxy groups -OCH3 is 2. The van der Waals surface area contributed by atoms with Gasteiger partial charge in [-0.05, 0) is 73.7 Å². The summed E-state index contributed by atoms with van der Waals surface area (Å²) in [7, 11) is 0.151. The normalized spacial score (nSPS) is 18.7. The van der Waals surface area contributed by atoms with Gasteiger partial charge in [0.15, 0.2) is 5.41 Å². The van der Waals surface area contributed by atoms with Gasteiger partial charge in [0.05, 0.1) is 37.6 Å². The minimum absolute atomic E-state index is 0.00405. The first-order chi connectivity index (χ1) is 27.1. The number of carbonyl (C=O) groups is 2. The van der Waals surface area contributed by atoms with Crippen LogP contribution in [0.1, 0.15) is 56.7 Å². The van der Waals surface area contributed by atoms with Gasteiger partial charge in [0.1, 0.15) is 35.7 Å². The zero-order chi connectivity index (χ0) is 39.8. The Bertz CT molecular complexity index is 1980. The van der Waals surface area contributed by atoms with Crippen LogP contribution in [0.2, 0.25) is 5.04 Å². The van der Waals surface area contributed by atoms with E-state index in [9.17, 15) is 9.59 Å². The van der Waals surface area contributed by atoms with Crippen molar-refractivity contribution < 1.29 is 37.5 Å². The SMILES string of the molecule is COC(=O)[C@@]1(C=O)C[C@H](COCc2ccccc2)ON(c2ccc(OC)cc2)[C@H]1c1oc(CCCO[Si](c2ccccc2)(c2ccccc2)C(C)(C)C)cc1Br. The molecule has 1 saturated heterocycles. The zero-order valence-electron chi connectivity index (χ0n) is 32.6. The average Bonchev–Trinajstić information content (AvgIpc) is 3.59. The van der Waals surface area contributed by atoms with Crippen molar-refractivity contribution in [2.24, 2.45) is 5.41 Å². The number of carbonyl (C=O) groups excluding carboxylic acids is 2. The number of esters is 1. The van der Waals surface area contributed by atoms with Crippen molar-refractivity contribution in [1.29, 1.82) is 0 Å². The third kappa shape index (κ3) is 8.57. The van der Waals surface area contributed by atoms with E-state index in [-0.39, 0.29) is 18.1 Å². The molecule has 294 valence electrons. The Hall–Kier alpha value is -4.52. The van der Waals surface area contributed by atoms with E-state index in [0.717, 1.165) is 5.56 Å². The molecule has 0 aliphatic carbocycles. The van der Waals surface area contributed by atoms with E-state index >= 15 is 0 Å². The molecule has 2 heterocycles. The number of halogens is 1. The molecule has 0 saturated carbocycles. The standard InChI is InChI=1S/C45H50BrNO8Si/c1-44(2,3)56(38-19-11-7-12-20-38,39-21-13-8-14-22-39)53-27-15-18-36-28-40(46)41(54-36)42-45(32-48,43(49)51-5)29-37(31-52-30-33-16-9-6-10-17-33)55-47(42)34-23-25-35(50-4)26-24-34/h6-14,16-17,19-26,28,32,37,42H,15,18,27,29-31H2,1-5H3/t37-,42+,45-/m1/s1. The van der Waals surface area contributed by atoms with E-state index in [4.69, 9.17) is 27.9 Å². The summed E-state index contributed by atoms with van der Waals surface area (Å²) in [5.41, 5.74) is -0.133. The fourth-order valence-corrected chi connectivity index (χ4v) is 12.9. The molecule has 6 rings (SSSR count). The van der Waals surface area contributed by atoms with E-state index < -0.39 is 31.8 Å². The highest BCUT2D eigenvalue weighted by Gasteiger charge is 2.58. The van der Waals surface area contributed by atoms with Gasteiger partial charge < -0.3 is 27.8 Å². The van der Waals surface area contributed by atoms with Gasteiger partial charge in [0.25, 0.3) is 8.32 Å². The smallest absolute Gasteiger partial charge is 0.321 e. The van der Waals surface area contributed by atoms with Crippen LogP contribution in [0.5, 0.6) is 5.75 Å². The van der Waals surface area contributed by atoms with Gasteiger partial charge in [-0.15, -0.1) is 0 Å². The maximum absolute atomic E-state index is 13.9. The summed E-state index contributed by atoms with van der Waals surface area (Å²) in [5.74, 6) is 0.979. The van der Waals surface area contributed by atoms with Crippen molar-refractivity contribution in [2.45, 2.75) is 63.8 Å². The number of benzene rings is 4. The quantitative estimate of drug-likeness (QED) is 0.0319. The van der Waals surface area contributed by atoms with Crippen molar-refractivity contribution >= 4 is 52.6 Å². The highest BCUT2D eigenvalue weighted by Crippen LogP contribution is 2.51. The predicted molar refractivity (Wildman–Crippen MR) is 223 cm³/mol. The number of furan rings is 1. The number of hydrogen-bond acceptors (Lipinski definition) is 9. The molecular formula is C45H50BrNO8Si. The van der Waals surface area contributed by atoms with Crippen LogP contribution in [0.15, 0.2) is 130 Å². The monoisotopic (exact) mass is 839 g/mol. The third-order valence-corrected chi connectivity index (χ3v) is 16.0. The summed E-state index contributed by atoms with van der Waals surface area (Å²) in [6.45, 7) is 7.74. The number of rotatable bonds is 16. The molecule has 1 fully saturated rings. The molecule has 5 aromatic rings. The lowest BCUT2D eigenvalue weighted by molar-refractivity contribution is -0.174. The molecule has 9 nitrogen and oxygen atoms in total. The average molecular weight is 841 g/mol. The minimum atomic E-state index is -2.72. The maximum atomic E-state index is 13.9. The van der Waals surface area contributed by atoms with Gasteiger partial charge in [-0.25, -0.2) is 5.06 Å². The van der Waals surface area contributed by atoms with E-state index in [0.29, 0.717) is 59.8 Å². The lowest BCUT2D eigenvalue weighted by Gasteiger charge is -2.47. The van der Waals surface area contributed by atoms with Gasteiger partial charge in [0.2, 0.25) is 0 Å². The summed E-state index contributed by atoms with van der Waals surface area (Å²) in [5, 5.41) is 3.85. The first-order valence-corrected chi connectivity index (χ1v) is 21.6.